The van der Waals surface area contributed by atoms with Crippen LogP contribution >= 0.6 is 0 Å². The molecule has 2 aromatic heterocycles. The van der Waals surface area contributed by atoms with E-state index in [1.54, 1.807) is 18.5 Å². The first-order valence-electron chi connectivity index (χ1n) is 9.52. The molecule has 1 amide bonds. The molecular formula is C23H25N3O4. The summed E-state index contributed by atoms with van der Waals surface area (Å²) in [6, 6.07) is 12.2. The highest BCUT2D eigenvalue weighted by molar-refractivity contribution is 6.05. The Balaban J connectivity index is 0.00000341. The summed E-state index contributed by atoms with van der Waals surface area (Å²) in [6.07, 6.45) is 4.89. The van der Waals surface area contributed by atoms with E-state index in [-0.39, 0.29) is 25.4 Å². The van der Waals surface area contributed by atoms with E-state index in [0.717, 1.165) is 16.7 Å². The van der Waals surface area contributed by atoms with Gasteiger partial charge in [-0.2, -0.15) is 0 Å². The summed E-state index contributed by atoms with van der Waals surface area (Å²) >= 11 is 0. The van der Waals surface area contributed by atoms with Gasteiger partial charge in [-0.1, -0.05) is 26.0 Å². The molecule has 1 aromatic carbocycles. The third-order valence-electron chi connectivity index (χ3n) is 4.68. The van der Waals surface area contributed by atoms with Crippen molar-refractivity contribution >= 4 is 17.6 Å². The molecule has 1 N–H and O–H groups in total. The zero-order chi connectivity index (χ0) is 21.7. The summed E-state index contributed by atoms with van der Waals surface area (Å²) in [4.78, 5) is 40.4. The lowest BCUT2D eigenvalue weighted by atomic mass is 9.91. The van der Waals surface area contributed by atoms with Crippen molar-refractivity contribution in [1.29, 1.82) is 0 Å². The third-order valence-corrected chi connectivity index (χ3v) is 4.68. The zero-order valence-corrected chi connectivity index (χ0v) is 17.1. The Morgan fingerprint density at radius 2 is 2.00 bits per heavy atom. The Hall–Kier alpha value is -3.74. The first-order valence-corrected chi connectivity index (χ1v) is 9.52. The summed E-state index contributed by atoms with van der Waals surface area (Å²) < 4.78 is 5.78. The molecule has 0 bridgehead atoms. The lowest BCUT2D eigenvalue weighted by Crippen LogP contribution is -2.24. The Morgan fingerprint density at radius 3 is 2.67 bits per heavy atom. The Kier molecular flexibility index (Phi) is 6.41. The van der Waals surface area contributed by atoms with Crippen LogP contribution in [0, 0.1) is 0 Å². The second-order valence-corrected chi connectivity index (χ2v) is 7.11. The second-order valence-electron chi connectivity index (χ2n) is 7.11. The third kappa shape index (κ3) is 4.81. The molecule has 156 valence electrons. The van der Waals surface area contributed by atoms with Crippen LogP contribution in [0.15, 0.2) is 65.8 Å². The number of carbonyl (C=O) groups excluding carboxylic acids is 2. The normalized spacial score (nSPS) is 10.7. The maximum absolute atomic E-state index is 12.8. The van der Waals surface area contributed by atoms with Crippen LogP contribution in [-0.2, 0) is 16.1 Å². The number of ether oxygens (including phenoxy) is 1. The van der Waals surface area contributed by atoms with Crippen LogP contribution in [0.1, 0.15) is 37.1 Å². The lowest BCUT2D eigenvalue weighted by molar-refractivity contribution is -0.141. The number of pyridine rings is 2. The highest BCUT2D eigenvalue weighted by atomic mass is 16.5. The minimum Gasteiger partial charge on any atom is -0.468 e. The van der Waals surface area contributed by atoms with Gasteiger partial charge in [-0.3, -0.25) is 19.4 Å². The molecule has 7 heteroatoms. The van der Waals surface area contributed by atoms with E-state index in [4.69, 9.17) is 0 Å². The van der Waals surface area contributed by atoms with Crippen molar-refractivity contribution in [3.05, 3.63) is 82.5 Å². The van der Waals surface area contributed by atoms with Gasteiger partial charge in [0.2, 0.25) is 0 Å². The first kappa shape index (κ1) is 21.0. The summed E-state index contributed by atoms with van der Waals surface area (Å²) in [5.74, 6) is -0.594. The standard InChI is InChI=1S/C23H23N3O4.H2/c1-15(2)19-8-6-16(11-20(19)17-5-4-10-24-12-17)23(29)25-18-7-9-21(27)26(13-18)14-22(28)30-3;/h4-13,15H,14H2,1-3H3,(H,25,29);1H. The Labute approximate surface area is 175 Å². The predicted molar refractivity (Wildman–Crippen MR) is 117 cm³/mol. The Morgan fingerprint density at radius 1 is 1.20 bits per heavy atom. The van der Waals surface area contributed by atoms with Crippen molar-refractivity contribution in [2.75, 3.05) is 12.4 Å². The summed E-state index contributed by atoms with van der Waals surface area (Å²) in [5, 5.41) is 2.78. The summed E-state index contributed by atoms with van der Waals surface area (Å²) in [5.41, 5.74) is 3.51. The van der Waals surface area contributed by atoms with E-state index in [0.29, 0.717) is 11.3 Å². The van der Waals surface area contributed by atoms with Crippen LogP contribution in [0.2, 0.25) is 0 Å². The smallest absolute Gasteiger partial charge is 0.325 e. The number of nitrogens with one attached hydrogen (secondary N) is 1. The maximum Gasteiger partial charge on any atom is 0.325 e. The molecule has 30 heavy (non-hydrogen) atoms. The molecule has 3 rings (SSSR count). The first-order chi connectivity index (χ1) is 14.4. The molecule has 0 fully saturated rings. The average molecular weight is 407 g/mol. The van der Waals surface area contributed by atoms with Gasteiger partial charge >= 0.3 is 5.97 Å². The molecule has 0 saturated carbocycles. The number of hydrogen-bond acceptors (Lipinski definition) is 5. The number of esters is 1. The van der Waals surface area contributed by atoms with Crippen molar-refractivity contribution in [1.82, 2.24) is 9.55 Å². The van der Waals surface area contributed by atoms with Gasteiger partial charge in [-0.15, -0.1) is 0 Å². The minimum atomic E-state index is -0.550. The SMILES string of the molecule is COC(=O)Cn1cc(NC(=O)c2ccc(C(C)C)c(-c3cccnc3)c2)ccc1=O.[HH]. The van der Waals surface area contributed by atoms with Crippen LogP contribution in [0.25, 0.3) is 11.1 Å². The van der Waals surface area contributed by atoms with Crippen molar-refractivity contribution in [3.8, 4) is 11.1 Å². The van der Waals surface area contributed by atoms with Gasteiger partial charge in [-0.25, -0.2) is 0 Å². The molecule has 2 heterocycles. The van der Waals surface area contributed by atoms with Crippen LogP contribution in [0.4, 0.5) is 5.69 Å². The number of anilines is 1. The van der Waals surface area contributed by atoms with Gasteiger partial charge in [-0.05, 0) is 41.3 Å². The van der Waals surface area contributed by atoms with Crippen molar-refractivity contribution in [2.24, 2.45) is 0 Å². The topological polar surface area (TPSA) is 90.3 Å². The van der Waals surface area contributed by atoms with Crippen LogP contribution in [0.3, 0.4) is 0 Å². The number of methoxy groups -OCH3 is 1. The van der Waals surface area contributed by atoms with Gasteiger partial charge in [0.15, 0.2) is 0 Å². The van der Waals surface area contributed by atoms with E-state index in [1.807, 2.05) is 24.3 Å². The van der Waals surface area contributed by atoms with E-state index >= 15 is 0 Å². The van der Waals surface area contributed by atoms with E-state index in [9.17, 15) is 14.4 Å². The average Bonchev–Trinajstić information content (AvgIpc) is 2.76. The molecule has 0 aliphatic heterocycles. The van der Waals surface area contributed by atoms with Crippen molar-refractivity contribution < 1.29 is 15.8 Å². The molecule has 0 saturated heterocycles. The molecule has 0 radical (unpaired) electrons. The summed E-state index contributed by atoms with van der Waals surface area (Å²) in [7, 11) is 1.25. The fourth-order valence-corrected chi connectivity index (χ4v) is 3.11. The molecule has 0 atom stereocenters. The lowest BCUT2D eigenvalue weighted by Gasteiger charge is -2.15. The van der Waals surface area contributed by atoms with Crippen LogP contribution < -0.4 is 10.9 Å². The number of hydrogen-bond donors (Lipinski definition) is 1. The number of benzene rings is 1. The van der Waals surface area contributed by atoms with E-state index < -0.39 is 5.97 Å². The molecule has 0 unspecified atom stereocenters. The fraction of sp³-hybridized carbons (Fsp3) is 0.217. The van der Waals surface area contributed by atoms with Gasteiger partial charge in [0, 0.05) is 37.2 Å². The van der Waals surface area contributed by atoms with E-state index in [1.165, 1.54) is 30.0 Å². The van der Waals surface area contributed by atoms with Gasteiger partial charge in [0.1, 0.15) is 6.54 Å². The number of nitrogens with zero attached hydrogens (tertiary/aromatic N) is 2. The number of amides is 1. The number of rotatable bonds is 6. The van der Waals surface area contributed by atoms with Gasteiger partial charge in [0.25, 0.3) is 11.5 Å². The predicted octanol–water partition coefficient (Wildman–Crippen LogP) is 3.71. The minimum absolute atomic E-state index is 0. The highest BCUT2D eigenvalue weighted by Gasteiger charge is 2.14. The number of carbonyl (C=O) groups is 2. The van der Waals surface area contributed by atoms with Crippen molar-refractivity contribution in [2.45, 2.75) is 26.3 Å². The Bertz CT molecular complexity index is 1130. The highest BCUT2D eigenvalue weighted by Crippen LogP contribution is 2.30. The zero-order valence-electron chi connectivity index (χ0n) is 17.1. The van der Waals surface area contributed by atoms with Crippen LogP contribution in [-0.4, -0.2) is 28.5 Å². The van der Waals surface area contributed by atoms with Crippen molar-refractivity contribution in [3.63, 3.8) is 0 Å². The van der Waals surface area contributed by atoms with E-state index in [2.05, 4.69) is 28.9 Å². The maximum atomic E-state index is 12.8. The number of aromatic nitrogens is 2. The monoisotopic (exact) mass is 407 g/mol. The molecule has 0 aliphatic carbocycles. The van der Waals surface area contributed by atoms with Gasteiger partial charge in [0.05, 0.1) is 12.8 Å². The fourth-order valence-electron chi connectivity index (χ4n) is 3.11. The second kappa shape index (κ2) is 9.17. The summed E-state index contributed by atoms with van der Waals surface area (Å²) in [6.45, 7) is 3.96. The molecule has 0 spiro atoms. The molecule has 3 aromatic rings. The molecule has 7 nitrogen and oxygen atoms in total. The largest absolute Gasteiger partial charge is 0.468 e. The molecular weight excluding hydrogens is 382 g/mol. The van der Waals surface area contributed by atoms with Crippen LogP contribution in [0.5, 0.6) is 0 Å². The van der Waals surface area contributed by atoms with Gasteiger partial charge < -0.3 is 14.6 Å². The quantitative estimate of drug-likeness (QED) is 0.629. The molecule has 0 aliphatic rings.